The summed E-state index contributed by atoms with van der Waals surface area (Å²) < 4.78 is 0. The fourth-order valence-corrected chi connectivity index (χ4v) is 0.946. The number of hydrogen-bond acceptors (Lipinski definition) is 1. The minimum absolute atomic E-state index is 0.131. The molecule has 62 valence electrons. The van der Waals surface area contributed by atoms with E-state index in [0.717, 1.165) is 13.5 Å². The Bertz CT molecular complexity index is 138. The van der Waals surface area contributed by atoms with Crippen molar-refractivity contribution in [1.29, 1.82) is 0 Å². The number of ketones is 1. The third-order valence-electron chi connectivity index (χ3n) is 2.28. The number of Topliss-reactive ketones (excluding diaryl/α,β-unsaturated/α-hetero) is 1. The van der Waals surface area contributed by atoms with Crippen molar-refractivity contribution >= 4 is 20.7 Å². The first-order valence-electron chi connectivity index (χ1n) is 4.42. The molecule has 1 unspecified atom stereocenters. The van der Waals surface area contributed by atoms with Crippen molar-refractivity contribution in [1.82, 2.24) is 0 Å². The van der Waals surface area contributed by atoms with Gasteiger partial charge in [0.2, 0.25) is 0 Å². The summed E-state index contributed by atoms with van der Waals surface area (Å²) in [6.07, 6.45) is 0.735. The first-order valence-corrected chi connectivity index (χ1v) is 4.42. The molecule has 0 aromatic rings. The summed E-state index contributed by atoms with van der Waals surface area (Å²) in [4.78, 5) is 11.4. The molecule has 0 aliphatic carbocycles. The van der Waals surface area contributed by atoms with Gasteiger partial charge in [-0.05, 0) is 11.7 Å². The average Bonchev–Trinajstić information content (AvgIpc) is 1.85. The van der Waals surface area contributed by atoms with Crippen LogP contribution in [0.2, 0.25) is 6.32 Å². The van der Waals surface area contributed by atoms with Crippen LogP contribution in [-0.2, 0) is 4.79 Å². The van der Waals surface area contributed by atoms with E-state index < -0.39 is 0 Å². The Labute approximate surface area is 71.6 Å². The van der Waals surface area contributed by atoms with E-state index in [1.165, 1.54) is 0 Å². The molecule has 0 bridgehead atoms. The molecule has 0 aromatic heterocycles. The molecule has 1 nitrogen and oxygen atoms in total. The topological polar surface area (TPSA) is 17.1 Å². The van der Waals surface area contributed by atoms with E-state index in [0.29, 0.717) is 5.78 Å². The van der Waals surface area contributed by atoms with Gasteiger partial charge in [-0.15, -0.1) is 0 Å². The molecule has 0 saturated carbocycles. The van der Waals surface area contributed by atoms with E-state index in [9.17, 15) is 4.79 Å². The predicted molar refractivity (Wildman–Crippen MR) is 54.1 cm³/mol. The molecule has 0 aromatic carbocycles. The Morgan fingerprint density at radius 3 is 2.27 bits per heavy atom. The molecular formula is C8H18B2O. The van der Waals surface area contributed by atoms with Gasteiger partial charge in [-0.1, -0.05) is 27.7 Å². The molecule has 0 spiro atoms. The smallest absolute Gasteiger partial charge is 0.128 e. The summed E-state index contributed by atoms with van der Waals surface area (Å²) in [5, 5.41) is 0. The zero-order valence-electron chi connectivity index (χ0n) is 8.40. The van der Waals surface area contributed by atoms with Gasteiger partial charge in [0, 0.05) is 5.92 Å². The zero-order valence-corrected chi connectivity index (χ0v) is 8.40. The van der Waals surface area contributed by atoms with Crippen molar-refractivity contribution in [3.8, 4) is 0 Å². The van der Waals surface area contributed by atoms with E-state index in [4.69, 9.17) is 0 Å². The third-order valence-corrected chi connectivity index (χ3v) is 2.28. The Balaban J connectivity index is 4.03. The summed E-state index contributed by atoms with van der Waals surface area (Å²) in [5.74, 6) is 0.599. The number of rotatable bonds is 3. The molecule has 0 saturated heterocycles. The molecule has 0 heterocycles. The monoisotopic (exact) mass is 152 g/mol. The van der Waals surface area contributed by atoms with Crippen LogP contribution in [0, 0.1) is 11.3 Å². The van der Waals surface area contributed by atoms with E-state index in [2.05, 4.69) is 20.8 Å². The Hall–Kier alpha value is -0.200. The van der Waals surface area contributed by atoms with E-state index in [1.54, 1.807) is 0 Å². The van der Waals surface area contributed by atoms with E-state index in [-0.39, 0.29) is 11.3 Å². The quantitative estimate of drug-likeness (QED) is 0.542. The molecule has 0 N–H and O–H groups in total. The van der Waals surface area contributed by atoms with Gasteiger partial charge in [-0.2, -0.15) is 0 Å². The van der Waals surface area contributed by atoms with Gasteiger partial charge in [0.15, 0.2) is 0 Å². The minimum atomic E-state index is 0.131. The van der Waals surface area contributed by atoms with Gasteiger partial charge < -0.3 is 4.79 Å². The minimum Gasteiger partial charge on any atom is -0.300 e. The molecule has 0 aliphatic heterocycles. The van der Waals surface area contributed by atoms with E-state index >= 15 is 0 Å². The molecule has 0 rings (SSSR count). The molecule has 3 heteroatoms. The standard InChI is InChI=1S/C8H18B2O/c1-6(8(2,3)4)7(11)5-10-9/h6,10H,5,9H2,1-4H3. The first kappa shape index (κ1) is 10.8. The van der Waals surface area contributed by atoms with Crippen LogP contribution in [0.1, 0.15) is 27.7 Å². The lowest BCUT2D eigenvalue weighted by Gasteiger charge is -2.25. The fourth-order valence-electron chi connectivity index (χ4n) is 0.946. The zero-order chi connectivity index (χ0) is 9.07. The van der Waals surface area contributed by atoms with Crippen LogP contribution in [0.4, 0.5) is 0 Å². The lowest BCUT2D eigenvalue weighted by Crippen LogP contribution is -2.26. The SMILES string of the molecule is BBCC(=O)C(C)C(C)(C)C. The highest BCUT2D eigenvalue weighted by atomic mass is 16.1. The van der Waals surface area contributed by atoms with Gasteiger partial charge >= 0.3 is 0 Å². The van der Waals surface area contributed by atoms with Crippen LogP contribution in [0.5, 0.6) is 0 Å². The van der Waals surface area contributed by atoms with Crippen molar-refractivity contribution in [2.75, 3.05) is 0 Å². The normalized spacial score (nSPS) is 14.2. The number of carbonyl (C=O) groups excluding carboxylic acids is 1. The highest BCUT2D eigenvalue weighted by Gasteiger charge is 2.25. The lowest BCUT2D eigenvalue weighted by atomic mass is 9.51. The second-order valence-corrected chi connectivity index (χ2v) is 4.30. The van der Waals surface area contributed by atoms with Crippen LogP contribution < -0.4 is 0 Å². The Morgan fingerprint density at radius 2 is 2.00 bits per heavy atom. The second-order valence-electron chi connectivity index (χ2n) is 4.30. The fraction of sp³-hybridized carbons (Fsp3) is 0.875. The number of carbonyl (C=O) groups is 1. The average molecular weight is 152 g/mol. The van der Waals surface area contributed by atoms with Gasteiger partial charge in [0.05, 0.1) is 14.9 Å². The molecule has 0 radical (unpaired) electrons. The molecule has 1 atom stereocenters. The third kappa shape index (κ3) is 3.64. The molecule has 0 amide bonds. The van der Waals surface area contributed by atoms with Gasteiger partial charge in [-0.25, -0.2) is 0 Å². The van der Waals surface area contributed by atoms with Crippen molar-refractivity contribution in [2.45, 2.75) is 34.0 Å². The lowest BCUT2D eigenvalue weighted by molar-refractivity contribution is -0.123. The van der Waals surface area contributed by atoms with Crippen LogP contribution in [-0.4, -0.2) is 20.7 Å². The van der Waals surface area contributed by atoms with Crippen molar-refractivity contribution < 1.29 is 4.79 Å². The number of hydrogen-bond donors (Lipinski definition) is 0. The van der Waals surface area contributed by atoms with Crippen molar-refractivity contribution in [2.24, 2.45) is 11.3 Å². The van der Waals surface area contributed by atoms with Gasteiger partial charge in [0.25, 0.3) is 0 Å². The summed E-state index contributed by atoms with van der Waals surface area (Å²) >= 11 is 0. The first-order chi connectivity index (χ1) is 4.89. The van der Waals surface area contributed by atoms with Crippen LogP contribution in [0.15, 0.2) is 0 Å². The predicted octanol–water partition coefficient (Wildman–Crippen LogP) is 0.641. The maximum absolute atomic E-state index is 11.4. The largest absolute Gasteiger partial charge is 0.300 e. The van der Waals surface area contributed by atoms with Crippen LogP contribution in [0.25, 0.3) is 0 Å². The molecule has 11 heavy (non-hydrogen) atoms. The second kappa shape index (κ2) is 3.98. The van der Waals surface area contributed by atoms with Gasteiger partial charge in [0.1, 0.15) is 5.78 Å². The van der Waals surface area contributed by atoms with Crippen LogP contribution in [0.3, 0.4) is 0 Å². The van der Waals surface area contributed by atoms with Gasteiger partial charge in [-0.3, -0.25) is 0 Å². The Morgan fingerprint density at radius 1 is 1.55 bits per heavy atom. The van der Waals surface area contributed by atoms with Crippen molar-refractivity contribution in [3.63, 3.8) is 0 Å². The molecular weight excluding hydrogens is 134 g/mol. The summed E-state index contributed by atoms with van der Waals surface area (Å²) in [6.45, 7) is 8.37. The Kier molecular flexibility index (Phi) is 3.91. The summed E-state index contributed by atoms with van der Waals surface area (Å²) in [6, 6.07) is 0. The summed E-state index contributed by atoms with van der Waals surface area (Å²) in [7, 11) is 3.02. The maximum atomic E-state index is 11.4. The van der Waals surface area contributed by atoms with Crippen LogP contribution >= 0.6 is 0 Å². The highest BCUT2D eigenvalue weighted by molar-refractivity contribution is 6.90. The summed E-state index contributed by atoms with van der Waals surface area (Å²) in [5.41, 5.74) is 0.131. The highest BCUT2D eigenvalue weighted by Crippen LogP contribution is 2.26. The molecule has 0 aliphatic rings. The van der Waals surface area contributed by atoms with Crippen molar-refractivity contribution in [3.05, 3.63) is 0 Å². The molecule has 0 fully saturated rings. The van der Waals surface area contributed by atoms with E-state index in [1.807, 2.05) is 14.7 Å². The maximum Gasteiger partial charge on any atom is 0.128 e.